The summed E-state index contributed by atoms with van der Waals surface area (Å²) in [5, 5.41) is 0. The quantitative estimate of drug-likeness (QED) is 0.832. The van der Waals surface area contributed by atoms with Crippen LogP contribution < -0.4 is 5.73 Å². The molecule has 4 heteroatoms. The minimum Gasteiger partial charge on any atom is -0.464 e. The van der Waals surface area contributed by atoms with Crippen LogP contribution in [0.3, 0.4) is 0 Å². The van der Waals surface area contributed by atoms with Crippen LogP contribution in [0.15, 0.2) is 39.5 Å². The van der Waals surface area contributed by atoms with Crippen LogP contribution in [-0.2, 0) is 0 Å². The monoisotopic (exact) mass is 238 g/mol. The second-order valence-corrected chi connectivity index (χ2v) is 3.33. The van der Waals surface area contributed by atoms with Crippen molar-refractivity contribution in [3.8, 4) is 11.3 Å². The summed E-state index contributed by atoms with van der Waals surface area (Å²) in [5.74, 6) is 1.25. The molecule has 3 nitrogen and oxygen atoms in total. The molecule has 0 saturated carbocycles. The van der Waals surface area contributed by atoms with Gasteiger partial charge in [-0.3, -0.25) is 0 Å². The second kappa shape index (κ2) is 3.22. The average molecular weight is 239 g/mol. The van der Waals surface area contributed by atoms with Crippen molar-refractivity contribution in [1.82, 2.24) is 4.98 Å². The Morgan fingerprint density at radius 2 is 2.23 bits per heavy atom. The number of hydrogen-bond donors (Lipinski definition) is 1. The van der Waals surface area contributed by atoms with Crippen molar-refractivity contribution in [2.75, 3.05) is 5.73 Å². The molecule has 0 aliphatic heterocycles. The summed E-state index contributed by atoms with van der Waals surface area (Å²) in [7, 11) is 0. The zero-order chi connectivity index (χ0) is 9.26. The van der Waals surface area contributed by atoms with E-state index in [0.717, 1.165) is 15.8 Å². The van der Waals surface area contributed by atoms with Crippen molar-refractivity contribution < 1.29 is 4.42 Å². The molecule has 2 N–H and O–H groups in total. The number of pyridine rings is 1. The molecular weight excluding hydrogens is 232 g/mol. The first-order valence-electron chi connectivity index (χ1n) is 3.73. The Kier molecular flexibility index (Phi) is 2.06. The lowest BCUT2D eigenvalue weighted by atomic mass is 10.2. The maximum Gasteiger partial charge on any atom is 0.138 e. The maximum absolute atomic E-state index is 5.63. The lowest BCUT2D eigenvalue weighted by Gasteiger charge is -2.01. The number of rotatable bonds is 1. The fraction of sp³-hybridized carbons (Fsp3) is 0. The van der Waals surface area contributed by atoms with E-state index in [9.17, 15) is 0 Å². The third-order valence-corrected chi connectivity index (χ3v) is 2.54. The molecule has 0 aliphatic rings. The van der Waals surface area contributed by atoms with Crippen LogP contribution in [0.4, 0.5) is 5.82 Å². The minimum absolute atomic E-state index is 0.467. The molecule has 0 spiro atoms. The van der Waals surface area contributed by atoms with Crippen LogP contribution in [0.25, 0.3) is 11.3 Å². The van der Waals surface area contributed by atoms with Crippen LogP contribution in [0.1, 0.15) is 0 Å². The standard InChI is InChI=1S/C9H7BrN2O/c10-8-6(3-4-12-9(8)11)7-2-1-5-13-7/h1-5H,(H2,11,12). The predicted octanol–water partition coefficient (Wildman–Crippen LogP) is 2.69. The zero-order valence-corrected chi connectivity index (χ0v) is 8.28. The molecule has 0 radical (unpaired) electrons. The number of halogens is 1. The van der Waals surface area contributed by atoms with Gasteiger partial charge in [0.15, 0.2) is 0 Å². The van der Waals surface area contributed by atoms with E-state index in [2.05, 4.69) is 20.9 Å². The molecule has 13 heavy (non-hydrogen) atoms. The van der Waals surface area contributed by atoms with Gasteiger partial charge in [-0.1, -0.05) is 0 Å². The number of anilines is 1. The van der Waals surface area contributed by atoms with Crippen LogP contribution >= 0.6 is 15.9 Å². The van der Waals surface area contributed by atoms with Gasteiger partial charge in [0.05, 0.1) is 10.7 Å². The number of hydrogen-bond acceptors (Lipinski definition) is 3. The highest BCUT2D eigenvalue weighted by molar-refractivity contribution is 9.10. The highest BCUT2D eigenvalue weighted by atomic mass is 79.9. The summed E-state index contributed by atoms with van der Waals surface area (Å²) in [5.41, 5.74) is 6.54. The van der Waals surface area contributed by atoms with Crippen molar-refractivity contribution in [1.29, 1.82) is 0 Å². The molecule has 0 atom stereocenters. The van der Waals surface area contributed by atoms with Gasteiger partial charge in [-0.15, -0.1) is 0 Å². The first-order chi connectivity index (χ1) is 6.29. The topological polar surface area (TPSA) is 52.0 Å². The van der Waals surface area contributed by atoms with E-state index in [0.29, 0.717) is 5.82 Å². The van der Waals surface area contributed by atoms with E-state index in [1.807, 2.05) is 18.2 Å². The van der Waals surface area contributed by atoms with E-state index in [4.69, 9.17) is 10.2 Å². The largest absolute Gasteiger partial charge is 0.464 e. The molecule has 0 unspecified atom stereocenters. The number of nitrogen functional groups attached to an aromatic ring is 1. The predicted molar refractivity (Wildman–Crippen MR) is 54.1 cm³/mol. The summed E-state index contributed by atoms with van der Waals surface area (Å²) in [4.78, 5) is 3.94. The van der Waals surface area contributed by atoms with Crippen molar-refractivity contribution in [2.24, 2.45) is 0 Å². The van der Waals surface area contributed by atoms with Crippen molar-refractivity contribution in [3.63, 3.8) is 0 Å². The second-order valence-electron chi connectivity index (χ2n) is 2.54. The Morgan fingerprint density at radius 1 is 1.38 bits per heavy atom. The number of nitrogens with two attached hydrogens (primary N) is 1. The van der Waals surface area contributed by atoms with Crippen molar-refractivity contribution >= 4 is 21.7 Å². The third kappa shape index (κ3) is 1.45. The fourth-order valence-corrected chi connectivity index (χ4v) is 1.51. The van der Waals surface area contributed by atoms with Gasteiger partial charge in [0.1, 0.15) is 11.6 Å². The minimum atomic E-state index is 0.467. The highest BCUT2D eigenvalue weighted by Crippen LogP contribution is 2.30. The molecule has 0 aromatic carbocycles. The van der Waals surface area contributed by atoms with Crippen LogP contribution in [0.2, 0.25) is 0 Å². The van der Waals surface area contributed by atoms with E-state index in [1.165, 1.54) is 0 Å². The number of aromatic nitrogens is 1. The Bertz CT molecular complexity index is 412. The molecule has 0 fully saturated rings. The van der Waals surface area contributed by atoms with E-state index < -0.39 is 0 Å². The van der Waals surface area contributed by atoms with Gasteiger partial charge in [-0.25, -0.2) is 4.98 Å². The summed E-state index contributed by atoms with van der Waals surface area (Å²) in [6, 6.07) is 5.55. The maximum atomic E-state index is 5.63. The van der Waals surface area contributed by atoms with Gasteiger partial charge in [0, 0.05) is 11.8 Å². The van der Waals surface area contributed by atoms with E-state index >= 15 is 0 Å². The summed E-state index contributed by atoms with van der Waals surface area (Å²) in [6.07, 6.45) is 3.27. The molecule has 66 valence electrons. The molecule has 2 aromatic rings. The van der Waals surface area contributed by atoms with E-state index in [1.54, 1.807) is 12.5 Å². The van der Waals surface area contributed by atoms with E-state index in [-0.39, 0.29) is 0 Å². The normalized spacial score (nSPS) is 10.2. The molecule has 2 heterocycles. The average Bonchev–Trinajstić information content (AvgIpc) is 2.62. The fourth-order valence-electron chi connectivity index (χ4n) is 1.08. The van der Waals surface area contributed by atoms with Gasteiger partial charge in [0.2, 0.25) is 0 Å². The smallest absolute Gasteiger partial charge is 0.138 e. The Hall–Kier alpha value is -1.29. The van der Waals surface area contributed by atoms with Crippen molar-refractivity contribution in [3.05, 3.63) is 35.1 Å². The van der Waals surface area contributed by atoms with Gasteiger partial charge < -0.3 is 10.2 Å². The van der Waals surface area contributed by atoms with Gasteiger partial charge in [0.25, 0.3) is 0 Å². The van der Waals surface area contributed by atoms with Gasteiger partial charge in [-0.2, -0.15) is 0 Å². The van der Waals surface area contributed by atoms with Gasteiger partial charge in [-0.05, 0) is 34.1 Å². The van der Waals surface area contributed by atoms with Crippen LogP contribution in [0, 0.1) is 0 Å². The molecule has 0 aliphatic carbocycles. The zero-order valence-electron chi connectivity index (χ0n) is 6.70. The Balaban J connectivity index is 2.59. The first kappa shape index (κ1) is 8.31. The Labute approximate surface area is 83.7 Å². The summed E-state index contributed by atoms with van der Waals surface area (Å²) >= 11 is 3.35. The SMILES string of the molecule is Nc1nccc(-c2ccco2)c1Br. The lowest BCUT2D eigenvalue weighted by molar-refractivity contribution is 0.582. The van der Waals surface area contributed by atoms with Crippen LogP contribution in [0.5, 0.6) is 0 Å². The first-order valence-corrected chi connectivity index (χ1v) is 4.52. The summed E-state index contributed by atoms with van der Waals surface area (Å²) in [6.45, 7) is 0. The van der Waals surface area contributed by atoms with Crippen LogP contribution in [-0.4, -0.2) is 4.98 Å². The molecule has 2 aromatic heterocycles. The molecule has 2 rings (SSSR count). The van der Waals surface area contributed by atoms with Crippen molar-refractivity contribution in [2.45, 2.75) is 0 Å². The molecule has 0 bridgehead atoms. The number of furan rings is 1. The third-order valence-electron chi connectivity index (χ3n) is 1.70. The Morgan fingerprint density at radius 3 is 2.92 bits per heavy atom. The molecular formula is C9H7BrN2O. The number of nitrogens with zero attached hydrogens (tertiary/aromatic N) is 1. The lowest BCUT2D eigenvalue weighted by Crippen LogP contribution is -1.91. The molecule has 0 saturated heterocycles. The molecule has 0 amide bonds. The summed E-state index contributed by atoms with van der Waals surface area (Å²) < 4.78 is 6.01. The highest BCUT2D eigenvalue weighted by Gasteiger charge is 2.07. The van der Waals surface area contributed by atoms with Gasteiger partial charge >= 0.3 is 0 Å².